The lowest BCUT2D eigenvalue weighted by Gasteiger charge is -2.29. The maximum absolute atomic E-state index is 9.49. The topological polar surface area (TPSA) is 107 Å². The Morgan fingerprint density at radius 2 is 2.14 bits per heavy atom. The molecule has 1 saturated heterocycles. The molecular formula is C20H26N6OS. The molecule has 1 aliphatic rings. The predicted molar refractivity (Wildman–Crippen MR) is 112 cm³/mol. The van der Waals surface area contributed by atoms with E-state index < -0.39 is 0 Å². The van der Waals surface area contributed by atoms with E-state index in [9.17, 15) is 5.26 Å². The SMILES string of the molecule is Cc1cc(OC(C)C)c(C#N)cc1-c1nnc(NC(C)C2CNCCC2=N)s1. The first-order chi connectivity index (χ1) is 13.4. The monoisotopic (exact) mass is 398 g/mol. The van der Waals surface area contributed by atoms with Crippen LogP contribution in [0.5, 0.6) is 5.75 Å². The Morgan fingerprint density at radius 3 is 2.82 bits per heavy atom. The fourth-order valence-electron chi connectivity index (χ4n) is 3.30. The molecule has 0 bridgehead atoms. The molecule has 0 spiro atoms. The summed E-state index contributed by atoms with van der Waals surface area (Å²) in [6, 6.07) is 6.02. The van der Waals surface area contributed by atoms with E-state index in [2.05, 4.69) is 33.8 Å². The molecule has 1 aromatic carbocycles. The lowest BCUT2D eigenvalue weighted by molar-refractivity contribution is 0.241. The Hall–Kier alpha value is -2.50. The van der Waals surface area contributed by atoms with Crippen molar-refractivity contribution in [2.24, 2.45) is 5.92 Å². The van der Waals surface area contributed by atoms with Gasteiger partial charge in [0, 0.05) is 36.3 Å². The first kappa shape index (κ1) is 20.2. The predicted octanol–water partition coefficient (Wildman–Crippen LogP) is 3.60. The van der Waals surface area contributed by atoms with Crippen LogP contribution in [0.3, 0.4) is 0 Å². The van der Waals surface area contributed by atoms with Crippen LogP contribution in [0.2, 0.25) is 0 Å². The van der Waals surface area contributed by atoms with Crippen LogP contribution in [-0.2, 0) is 0 Å². The molecule has 8 heteroatoms. The second kappa shape index (κ2) is 8.67. The van der Waals surface area contributed by atoms with Crippen LogP contribution in [0, 0.1) is 29.6 Å². The fraction of sp³-hybridized carbons (Fsp3) is 0.500. The van der Waals surface area contributed by atoms with Crippen molar-refractivity contribution in [3.8, 4) is 22.4 Å². The summed E-state index contributed by atoms with van der Waals surface area (Å²) in [6.07, 6.45) is 0.795. The molecule has 0 radical (unpaired) electrons. The Balaban J connectivity index is 1.80. The fourth-order valence-corrected chi connectivity index (χ4v) is 4.23. The highest BCUT2D eigenvalue weighted by Gasteiger charge is 2.25. The van der Waals surface area contributed by atoms with Crippen molar-refractivity contribution in [1.82, 2.24) is 15.5 Å². The summed E-state index contributed by atoms with van der Waals surface area (Å²) in [4.78, 5) is 0. The third kappa shape index (κ3) is 4.49. The molecule has 3 rings (SSSR count). The van der Waals surface area contributed by atoms with Gasteiger partial charge in [-0.15, -0.1) is 10.2 Å². The first-order valence-corrected chi connectivity index (χ1v) is 10.3. The summed E-state index contributed by atoms with van der Waals surface area (Å²) in [5, 5.41) is 34.5. The highest BCUT2D eigenvalue weighted by molar-refractivity contribution is 7.18. The van der Waals surface area contributed by atoms with Gasteiger partial charge in [0.1, 0.15) is 16.8 Å². The minimum absolute atomic E-state index is 0.00387. The molecule has 0 saturated carbocycles. The van der Waals surface area contributed by atoms with E-state index in [1.165, 1.54) is 11.3 Å². The zero-order chi connectivity index (χ0) is 20.3. The van der Waals surface area contributed by atoms with Gasteiger partial charge in [-0.3, -0.25) is 0 Å². The summed E-state index contributed by atoms with van der Waals surface area (Å²) in [5.74, 6) is 0.749. The summed E-state index contributed by atoms with van der Waals surface area (Å²) < 4.78 is 5.75. The summed E-state index contributed by atoms with van der Waals surface area (Å²) >= 11 is 1.46. The zero-order valence-electron chi connectivity index (χ0n) is 16.7. The summed E-state index contributed by atoms with van der Waals surface area (Å²) in [5.41, 5.74) is 3.15. The van der Waals surface area contributed by atoms with Crippen molar-refractivity contribution in [2.75, 3.05) is 18.4 Å². The molecule has 1 fully saturated rings. The molecule has 1 aromatic heterocycles. The van der Waals surface area contributed by atoms with Crippen LogP contribution in [0.25, 0.3) is 10.6 Å². The lowest BCUT2D eigenvalue weighted by atomic mass is 9.91. The van der Waals surface area contributed by atoms with E-state index in [4.69, 9.17) is 10.1 Å². The Kier molecular flexibility index (Phi) is 6.27. The number of ether oxygens (including phenoxy) is 1. The van der Waals surface area contributed by atoms with E-state index in [-0.39, 0.29) is 18.1 Å². The Bertz CT molecular complexity index is 901. The highest BCUT2D eigenvalue weighted by atomic mass is 32.1. The van der Waals surface area contributed by atoms with E-state index >= 15 is 0 Å². The molecule has 2 atom stereocenters. The molecular weight excluding hydrogens is 372 g/mol. The van der Waals surface area contributed by atoms with E-state index in [1.807, 2.05) is 32.9 Å². The minimum Gasteiger partial charge on any atom is -0.490 e. The van der Waals surface area contributed by atoms with Gasteiger partial charge in [0.05, 0.1) is 11.7 Å². The Morgan fingerprint density at radius 1 is 1.36 bits per heavy atom. The number of piperidine rings is 1. The number of nitrogens with one attached hydrogen (secondary N) is 3. The van der Waals surface area contributed by atoms with Gasteiger partial charge in [-0.05, 0) is 51.8 Å². The summed E-state index contributed by atoms with van der Waals surface area (Å²) in [7, 11) is 0. The quantitative estimate of drug-likeness (QED) is 0.686. The van der Waals surface area contributed by atoms with Crippen LogP contribution in [0.1, 0.15) is 38.3 Å². The number of hydrogen-bond acceptors (Lipinski definition) is 8. The van der Waals surface area contributed by atoms with Gasteiger partial charge in [0.25, 0.3) is 0 Å². The molecule has 0 amide bonds. The molecule has 148 valence electrons. The number of benzene rings is 1. The standard InChI is InChI=1S/C20H26N6OS/c1-11(2)27-18-7-12(3)15(8-14(18)9-21)19-25-26-20(28-19)24-13(4)16-10-23-6-5-17(16)22/h7-8,11,13,16,22-23H,5-6,10H2,1-4H3,(H,24,26). The van der Waals surface area contributed by atoms with Crippen LogP contribution in [-0.4, -0.2) is 41.1 Å². The normalized spacial score (nSPS) is 18.0. The van der Waals surface area contributed by atoms with Crippen molar-refractivity contribution in [2.45, 2.75) is 46.3 Å². The van der Waals surface area contributed by atoms with Crippen LogP contribution < -0.4 is 15.4 Å². The van der Waals surface area contributed by atoms with Gasteiger partial charge in [0.15, 0.2) is 0 Å². The third-order valence-electron chi connectivity index (χ3n) is 4.80. The van der Waals surface area contributed by atoms with Crippen LogP contribution in [0.15, 0.2) is 12.1 Å². The van der Waals surface area contributed by atoms with Gasteiger partial charge >= 0.3 is 0 Å². The molecule has 2 unspecified atom stereocenters. The lowest BCUT2D eigenvalue weighted by Crippen LogP contribution is -2.44. The van der Waals surface area contributed by atoms with E-state index in [1.54, 1.807) is 0 Å². The van der Waals surface area contributed by atoms with Gasteiger partial charge in [-0.25, -0.2) is 0 Å². The number of rotatable bonds is 6. The second-order valence-corrected chi connectivity index (χ2v) is 8.35. The molecule has 28 heavy (non-hydrogen) atoms. The molecule has 0 aliphatic carbocycles. The number of hydrogen-bond donors (Lipinski definition) is 3. The maximum atomic E-state index is 9.49. The minimum atomic E-state index is 0.00387. The average Bonchev–Trinajstić information content (AvgIpc) is 3.10. The molecule has 2 heterocycles. The van der Waals surface area contributed by atoms with Crippen LogP contribution >= 0.6 is 11.3 Å². The third-order valence-corrected chi connectivity index (χ3v) is 5.69. The van der Waals surface area contributed by atoms with Gasteiger partial charge in [-0.2, -0.15) is 5.26 Å². The molecule has 3 N–H and O–H groups in total. The zero-order valence-corrected chi connectivity index (χ0v) is 17.5. The van der Waals surface area contributed by atoms with Crippen molar-refractivity contribution in [1.29, 1.82) is 10.7 Å². The Labute approximate surface area is 169 Å². The number of nitrogens with zero attached hydrogens (tertiary/aromatic N) is 3. The largest absolute Gasteiger partial charge is 0.490 e. The average molecular weight is 399 g/mol. The van der Waals surface area contributed by atoms with Crippen molar-refractivity contribution >= 4 is 22.2 Å². The molecule has 7 nitrogen and oxygen atoms in total. The van der Waals surface area contributed by atoms with Crippen molar-refractivity contribution < 1.29 is 4.74 Å². The van der Waals surface area contributed by atoms with E-state index in [0.29, 0.717) is 11.3 Å². The molecule has 2 aromatic rings. The van der Waals surface area contributed by atoms with Gasteiger partial charge in [0.2, 0.25) is 5.13 Å². The van der Waals surface area contributed by atoms with Crippen molar-refractivity contribution in [3.05, 3.63) is 23.3 Å². The second-order valence-electron chi connectivity index (χ2n) is 7.37. The number of aryl methyl sites for hydroxylation is 1. The van der Waals surface area contributed by atoms with Crippen molar-refractivity contribution in [3.63, 3.8) is 0 Å². The molecule has 1 aliphatic heterocycles. The van der Waals surface area contributed by atoms with Crippen LogP contribution in [0.4, 0.5) is 5.13 Å². The van der Waals surface area contributed by atoms with E-state index in [0.717, 1.165) is 46.5 Å². The first-order valence-electron chi connectivity index (χ1n) is 9.49. The van der Waals surface area contributed by atoms with Gasteiger partial charge in [-0.1, -0.05) is 11.3 Å². The van der Waals surface area contributed by atoms with Gasteiger partial charge < -0.3 is 20.8 Å². The highest BCUT2D eigenvalue weighted by Crippen LogP contribution is 2.34. The number of nitriles is 1. The maximum Gasteiger partial charge on any atom is 0.206 e. The summed E-state index contributed by atoms with van der Waals surface area (Å²) in [6.45, 7) is 9.62. The number of anilines is 1. The number of aromatic nitrogens is 2. The smallest absolute Gasteiger partial charge is 0.206 e.